The van der Waals surface area contributed by atoms with E-state index in [1.807, 2.05) is 26.8 Å². The molecule has 6 heteroatoms. The van der Waals surface area contributed by atoms with Gasteiger partial charge in [-0.3, -0.25) is 14.9 Å². The van der Waals surface area contributed by atoms with Crippen molar-refractivity contribution in [3.8, 4) is 0 Å². The lowest BCUT2D eigenvalue weighted by Gasteiger charge is -2.11. The Kier molecular flexibility index (Phi) is 4.34. The van der Waals surface area contributed by atoms with E-state index in [2.05, 4.69) is 25.8 Å². The molecular formula is C14H19N5O. The van der Waals surface area contributed by atoms with Gasteiger partial charge >= 0.3 is 0 Å². The molecule has 0 aromatic carbocycles. The predicted octanol–water partition coefficient (Wildman–Crippen LogP) is 1.78. The smallest absolute Gasteiger partial charge is 0.255 e. The van der Waals surface area contributed by atoms with Crippen LogP contribution in [0.5, 0.6) is 0 Å². The van der Waals surface area contributed by atoms with E-state index in [-0.39, 0.29) is 5.91 Å². The number of nitrogens with one attached hydrogen (secondary N) is 3. The maximum atomic E-state index is 12.2. The third-order valence-corrected chi connectivity index (χ3v) is 3.03. The van der Waals surface area contributed by atoms with Crippen molar-refractivity contribution in [1.29, 1.82) is 0 Å². The Labute approximate surface area is 118 Å². The van der Waals surface area contributed by atoms with Gasteiger partial charge in [0.15, 0.2) is 0 Å². The Balaban J connectivity index is 2.11. The maximum absolute atomic E-state index is 12.2. The number of hydrogen-bond acceptors (Lipinski definition) is 4. The van der Waals surface area contributed by atoms with Gasteiger partial charge in [0.2, 0.25) is 0 Å². The number of nitrogens with zero attached hydrogens (tertiary/aromatic N) is 2. The molecule has 106 valence electrons. The van der Waals surface area contributed by atoms with Gasteiger partial charge in [0, 0.05) is 36.2 Å². The van der Waals surface area contributed by atoms with Crippen molar-refractivity contribution < 1.29 is 4.79 Å². The number of pyridine rings is 1. The van der Waals surface area contributed by atoms with Crippen LogP contribution >= 0.6 is 0 Å². The van der Waals surface area contributed by atoms with Crippen molar-refractivity contribution in [2.45, 2.75) is 27.3 Å². The molecule has 0 spiro atoms. The fourth-order valence-electron chi connectivity index (χ4n) is 1.90. The van der Waals surface area contributed by atoms with E-state index in [4.69, 9.17) is 0 Å². The standard InChI is InChI=1S/C14H19N5O/c1-4-15-13-5-9(2)16-8-12(13)14(20)17-6-11-7-18-19-10(11)3/h5,7-8H,4,6H2,1-3H3,(H,15,16)(H,17,20)(H,18,19). The number of carbonyl (C=O) groups is 1. The molecule has 0 aliphatic carbocycles. The number of rotatable bonds is 5. The number of amides is 1. The monoisotopic (exact) mass is 273 g/mol. The minimum atomic E-state index is -0.144. The molecule has 3 N–H and O–H groups in total. The number of aryl methyl sites for hydroxylation is 2. The van der Waals surface area contributed by atoms with Crippen LogP contribution in [-0.4, -0.2) is 27.6 Å². The first-order chi connectivity index (χ1) is 9.61. The van der Waals surface area contributed by atoms with Gasteiger partial charge < -0.3 is 10.6 Å². The highest BCUT2D eigenvalue weighted by molar-refractivity contribution is 5.99. The van der Waals surface area contributed by atoms with Crippen molar-refractivity contribution in [3.63, 3.8) is 0 Å². The first-order valence-electron chi connectivity index (χ1n) is 6.59. The average Bonchev–Trinajstić information content (AvgIpc) is 2.82. The Bertz CT molecular complexity index is 605. The second-order valence-corrected chi connectivity index (χ2v) is 4.60. The molecule has 6 nitrogen and oxygen atoms in total. The van der Waals surface area contributed by atoms with E-state index < -0.39 is 0 Å². The molecule has 2 rings (SSSR count). The van der Waals surface area contributed by atoms with Crippen LogP contribution in [0.4, 0.5) is 5.69 Å². The molecule has 20 heavy (non-hydrogen) atoms. The fourth-order valence-corrected chi connectivity index (χ4v) is 1.90. The molecule has 2 aromatic rings. The van der Waals surface area contributed by atoms with Gasteiger partial charge in [-0.1, -0.05) is 0 Å². The lowest BCUT2D eigenvalue weighted by Crippen LogP contribution is -2.24. The molecule has 0 radical (unpaired) electrons. The zero-order chi connectivity index (χ0) is 14.5. The number of anilines is 1. The Morgan fingerprint density at radius 3 is 2.80 bits per heavy atom. The third-order valence-electron chi connectivity index (χ3n) is 3.03. The second-order valence-electron chi connectivity index (χ2n) is 4.60. The van der Waals surface area contributed by atoms with E-state index in [0.717, 1.165) is 29.2 Å². The molecular weight excluding hydrogens is 254 g/mol. The van der Waals surface area contributed by atoms with E-state index in [0.29, 0.717) is 12.1 Å². The largest absolute Gasteiger partial charge is 0.385 e. The summed E-state index contributed by atoms with van der Waals surface area (Å²) in [6.07, 6.45) is 3.32. The van der Waals surface area contributed by atoms with Crippen LogP contribution in [0.15, 0.2) is 18.5 Å². The molecule has 0 bridgehead atoms. The van der Waals surface area contributed by atoms with Crippen molar-refractivity contribution in [2.75, 3.05) is 11.9 Å². The van der Waals surface area contributed by atoms with Gasteiger partial charge in [-0.15, -0.1) is 0 Å². The summed E-state index contributed by atoms with van der Waals surface area (Å²) >= 11 is 0. The Morgan fingerprint density at radius 2 is 2.15 bits per heavy atom. The molecule has 1 amide bonds. The number of aromatic amines is 1. The van der Waals surface area contributed by atoms with Crippen LogP contribution in [0.2, 0.25) is 0 Å². The highest BCUT2D eigenvalue weighted by Crippen LogP contribution is 2.15. The Hall–Kier alpha value is -2.37. The lowest BCUT2D eigenvalue weighted by atomic mass is 10.2. The minimum Gasteiger partial charge on any atom is -0.385 e. The van der Waals surface area contributed by atoms with Gasteiger partial charge in [-0.2, -0.15) is 5.10 Å². The topological polar surface area (TPSA) is 82.7 Å². The molecule has 0 unspecified atom stereocenters. The zero-order valence-corrected chi connectivity index (χ0v) is 11.9. The second kappa shape index (κ2) is 6.18. The number of carbonyl (C=O) groups excluding carboxylic acids is 1. The average molecular weight is 273 g/mol. The van der Waals surface area contributed by atoms with E-state index in [9.17, 15) is 4.79 Å². The molecule has 2 heterocycles. The molecule has 0 aliphatic rings. The molecule has 0 aliphatic heterocycles. The van der Waals surface area contributed by atoms with Crippen molar-refractivity contribution in [1.82, 2.24) is 20.5 Å². The number of H-pyrrole nitrogens is 1. The van der Waals surface area contributed by atoms with Gasteiger partial charge in [0.05, 0.1) is 17.4 Å². The van der Waals surface area contributed by atoms with Gasteiger partial charge in [0.1, 0.15) is 0 Å². The predicted molar refractivity (Wildman–Crippen MR) is 77.6 cm³/mol. The summed E-state index contributed by atoms with van der Waals surface area (Å²) in [6.45, 7) is 7.01. The number of aromatic nitrogens is 3. The van der Waals surface area contributed by atoms with Crippen molar-refractivity contribution in [3.05, 3.63) is 41.0 Å². The fraction of sp³-hybridized carbons (Fsp3) is 0.357. The van der Waals surface area contributed by atoms with Gasteiger partial charge in [-0.05, 0) is 26.8 Å². The first-order valence-corrected chi connectivity index (χ1v) is 6.59. The minimum absolute atomic E-state index is 0.144. The van der Waals surface area contributed by atoms with Crippen LogP contribution < -0.4 is 10.6 Å². The third kappa shape index (κ3) is 3.14. The summed E-state index contributed by atoms with van der Waals surface area (Å²) in [5.41, 5.74) is 4.17. The highest BCUT2D eigenvalue weighted by Gasteiger charge is 2.12. The van der Waals surface area contributed by atoms with Crippen LogP contribution in [0.3, 0.4) is 0 Å². The molecule has 0 saturated carbocycles. The molecule has 0 fully saturated rings. The van der Waals surface area contributed by atoms with Gasteiger partial charge in [0.25, 0.3) is 5.91 Å². The van der Waals surface area contributed by atoms with Crippen molar-refractivity contribution in [2.24, 2.45) is 0 Å². The molecule has 0 saturated heterocycles. The SMILES string of the molecule is CCNc1cc(C)ncc1C(=O)NCc1cn[nH]c1C. The summed E-state index contributed by atoms with van der Waals surface area (Å²) in [5.74, 6) is -0.144. The quantitative estimate of drug-likeness (QED) is 0.775. The lowest BCUT2D eigenvalue weighted by molar-refractivity contribution is 0.0951. The van der Waals surface area contributed by atoms with Crippen LogP contribution in [0, 0.1) is 13.8 Å². The highest BCUT2D eigenvalue weighted by atomic mass is 16.1. The Morgan fingerprint density at radius 1 is 1.35 bits per heavy atom. The van der Waals surface area contributed by atoms with Crippen LogP contribution in [0.25, 0.3) is 0 Å². The zero-order valence-electron chi connectivity index (χ0n) is 11.9. The van der Waals surface area contributed by atoms with E-state index >= 15 is 0 Å². The van der Waals surface area contributed by atoms with E-state index in [1.54, 1.807) is 12.4 Å². The molecule has 2 aromatic heterocycles. The normalized spacial score (nSPS) is 10.3. The van der Waals surface area contributed by atoms with Crippen LogP contribution in [-0.2, 0) is 6.54 Å². The first kappa shape index (κ1) is 14.0. The summed E-state index contributed by atoms with van der Waals surface area (Å²) in [7, 11) is 0. The van der Waals surface area contributed by atoms with E-state index in [1.165, 1.54) is 0 Å². The van der Waals surface area contributed by atoms with Gasteiger partial charge in [-0.25, -0.2) is 0 Å². The van der Waals surface area contributed by atoms with Crippen LogP contribution in [0.1, 0.15) is 34.2 Å². The van der Waals surface area contributed by atoms with Crippen molar-refractivity contribution >= 4 is 11.6 Å². The summed E-state index contributed by atoms with van der Waals surface area (Å²) in [5, 5.41) is 12.8. The number of hydrogen-bond donors (Lipinski definition) is 3. The maximum Gasteiger partial charge on any atom is 0.255 e. The molecule has 0 atom stereocenters. The summed E-state index contributed by atoms with van der Waals surface area (Å²) in [6, 6.07) is 1.88. The summed E-state index contributed by atoms with van der Waals surface area (Å²) < 4.78 is 0. The summed E-state index contributed by atoms with van der Waals surface area (Å²) in [4.78, 5) is 16.4.